The number of nitrogens with one attached hydrogen (secondary N) is 3. The quantitative estimate of drug-likeness (QED) is 0.290. The van der Waals surface area contributed by atoms with E-state index in [9.17, 15) is 4.79 Å². The van der Waals surface area contributed by atoms with Crippen molar-refractivity contribution in [2.45, 2.75) is 12.6 Å². The second-order valence-corrected chi connectivity index (χ2v) is 6.85. The van der Waals surface area contributed by atoms with Crippen LogP contribution in [0.5, 0.6) is 11.5 Å². The first-order valence-corrected chi connectivity index (χ1v) is 9.77. The zero-order chi connectivity index (χ0) is 22.2. The number of anilines is 1. The van der Waals surface area contributed by atoms with Crippen LogP contribution in [0.1, 0.15) is 22.7 Å². The van der Waals surface area contributed by atoms with Crippen molar-refractivity contribution in [3.63, 3.8) is 0 Å². The molecule has 8 heteroatoms. The summed E-state index contributed by atoms with van der Waals surface area (Å²) in [6.45, 7) is 0.396. The standard InChI is InChI=1S/C24H26N4O3.ClH/c1-30-20-10-6-9-19(22(20)31-2)21(24(29)27-15-16-7-4-3-5-8-16)28-18-13-11-17(12-14-18)23(25)26;/h3-14,21,28H,15H2,1-2H3,(H3,25,26)(H,27,29);1H. The highest BCUT2D eigenvalue weighted by Crippen LogP contribution is 2.36. The van der Waals surface area contributed by atoms with Crippen LogP contribution in [0.3, 0.4) is 0 Å². The highest BCUT2D eigenvalue weighted by molar-refractivity contribution is 5.95. The van der Waals surface area contributed by atoms with E-state index in [0.29, 0.717) is 34.9 Å². The highest BCUT2D eigenvalue weighted by Gasteiger charge is 2.26. The van der Waals surface area contributed by atoms with Gasteiger partial charge < -0.3 is 25.8 Å². The third-order valence-electron chi connectivity index (χ3n) is 4.82. The first kappa shape index (κ1) is 24.6. The Bertz CT molecular complexity index is 1040. The number of nitrogen functional groups attached to an aromatic ring is 1. The Balaban J connectivity index is 0.00000363. The molecular weight excluding hydrogens is 428 g/mol. The van der Waals surface area contributed by atoms with Crippen LogP contribution in [-0.4, -0.2) is 26.0 Å². The smallest absolute Gasteiger partial charge is 0.247 e. The van der Waals surface area contributed by atoms with Gasteiger partial charge in [0.25, 0.3) is 0 Å². The molecule has 0 aromatic heterocycles. The third-order valence-corrected chi connectivity index (χ3v) is 4.82. The van der Waals surface area contributed by atoms with E-state index in [0.717, 1.165) is 5.56 Å². The van der Waals surface area contributed by atoms with Gasteiger partial charge in [0.15, 0.2) is 11.5 Å². The predicted molar refractivity (Wildman–Crippen MR) is 129 cm³/mol. The lowest BCUT2D eigenvalue weighted by Gasteiger charge is -2.23. The van der Waals surface area contributed by atoms with Crippen molar-refractivity contribution in [3.05, 3.63) is 89.5 Å². The van der Waals surface area contributed by atoms with Crippen LogP contribution < -0.4 is 25.8 Å². The van der Waals surface area contributed by atoms with Gasteiger partial charge in [-0.25, -0.2) is 0 Å². The van der Waals surface area contributed by atoms with E-state index in [-0.39, 0.29) is 24.1 Å². The Hall–Kier alpha value is -3.71. The molecule has 0 aliphatic heterocycles. The van der Waals surface area contributed by atoms with Gasteiger partial charge in [-0.15, -0.1) is 12.4 Å². The Kier molecular flexibility index (Phi) is 8.92. The first-order chi connectivity index (χ1) is 15.0. The molecule has 0 saturated carbocycles. The molecule has 0 saturated heterocycles. The average molecular weight is 455 g/mol. The fraction of sp³-hybridized carbons (Fsp3) is 0.167. The number of amides is 1. The number of amidine groups is 1. The maximum Gasteiger partial charge on any atom is 0.247 e. The van der Waals surface area contributed by atoms with Crippen LogP contribution in [0.25, 0.3) is 0 Å². The van der Waals surface area contributed by atoms with Crippen LogP contribution >= 0.6 is 12.4 Å². The lowest BCUT2D eigenvalue weighted by Crippen LogP contribution is -2.33. The Morgan fingerprint density at radius 3 is 2.25 bits per heavy atom. The minimum atomic E-state index is -0.739. The van der Waals surface area contributed by atoms with Crippen LogP contribution in [-0.2, 0) is 11.3 Å². The van der Waals surface area contributed by atoms with Crippen molar-refractivity contribution in [2.24, 2.45) is 5.73 Å². The van der Waals surface area contributed by atoms with E-state index in [4.69, 9.17) is 20.6 Å². The Morgan fingerprint density at radius 1 is 0.969 bits per heavy atom. The molecule has 3 aromatic carbocycles. The van der Waals surface area contributed by atoms with Gasteiger partial charge in [0.05, 0.1) is 14.2 Å². The number of hydrogen-bond acceptors (Lipinski definition) is 5. The molecule has 5 N–H and O–H groups in total. The van der Waals surface area contributed by atoms with Crippen molar-refractivity contribution in [1.29, 1.82) is 5.41 Å². The maximum absolute atomic E-state index is 13.2. The SMILES string of the molecule is COc1cccc(C(Nc2ccc(C(=N)N)cc2)C(=O)NCc2ccccc2)c1OC.Cl. The molecule has 0 bridgehead atoms. The summed E-state index contributed by atoms with van der Waals surface area (Å²) in [5.41, 5.74) is 8.49. The summed E-state index contributed by atoms with van der Waals surface area (Å²) >= 11 is 0. The number of halogens is 1. The van der Waals surface area contributed by atoms with Crippen molar-refractivity contribution in [3.8, 4) is 11.5 Å². The van der Waals surface area contributed by atoms with Crippen LogP contribution in [0.2, 0.25) is 0 Å². The maximum atomic E-state index is 13.2. The molecule has 3 aromatic rings. The van der Waals surface area contributed by atoms with Crippen LogP contribution in [0, 0.1) is 5.41 Å². The molecule has 0 radical (unpaired) electrons. The van der Waals surface area contributed by atoms with Crippen molar-refractivity contribution in [2.75, 3.05) is 19.5 Å². The molecule has 1 atom stereocenters. The normalized spacial score (nSPS) is 10.9. The van der Waals surface area contributed by atoms with Gasteiger partial charge >= 0.3 is 0 Å². The number of hydrogen-bond donors (Lipinski definition) is 4. The van der Waals surface area contributed by atoms with E-state index in [1.165, 1.54) is 0 Å². The van der Waals surface area contributed by atoms with Gasteiger partial charge in [-0.1, -0.05) is 42.5 Å². The molecule has 32 heavy (non-hydrogen) atoms. The number of nitrogens with two attached hydrogens (primary N) is 1. The van der Waals surface area contributed by atoms with E-state index in [2.05, 4.69) is 10.6 Å². The molecule has 1 unspecified atom stereocenters. The number of rotatable bonds is 9. The second kappa shape index (κ2) is 11.6. The minimum absolute atomic E-state index is 0. The Morgan fingerprint density at radius 2 is 1.66 bits per heavy atom. The molecule has 1 amide bonds. The fourth-order valence-electron chi connectivity index (χ4n) is 3.22. The predicted octanol–water partition coefficient (Wildman–Crippen LogP) is 3.88. The molecule has 0 spiro atoms. The highest BCUT2D eigenvalue weighted by atomic mass is 35.5. The number of para-hydroxylation sites is 1. The summed E-state index contributed by atoms with van der Waals surface area (Å²) in [5, 5.41) is 13.8. The second-order valence-electron chi connectivity index (χ2n) is 6.85. The number of carbonyl (C=O) groups is 1. The number of benzene rings is 3. The summed E-state index contributed by atoms with van der Waals surface area (Å²) in [4.78, 5) is 13.2. The minimum Gasteiger partial charge on any atom is -0.493 e. The molecule has 0 aliphatic rings. The van der Waals surface area contributed by atoms with Crippen molar-refractivity contribution < 1.29 is 14.3 Å². The number of methoxy groups -OCH3 is 2. The first-order valence-electron chi connectivity index (χ1n) is 9.77. The van der Waals surface area contributed by atoms with Gasteiger partial charge in [-0.3, -0.25) is 10.2 Å². The third kappa shape index (κ3) is 5.92. The van der Waals surface area contributed by atoms with E-state index in [1.54, 1.807) is 44.6 Å². The van der Waals surface area contributed by atoms with Gasteiger partial charge in [-0.2, -0.15) is 0 Å². The van der Waals surface area contributed by atoms with Crippen LogP contribution in [0.15, 0.2) is 72.8 Å². The van der Waals surface area contributed by atoms with Crippen molar-refractivity contribution in [1.82, 2.24) is 5.32 Å². The lowest BCUT2D eigenvalue weighted by molar-refractivity contribution is -0.122. The van der Waals surface area contributed by atoms with E-state index in [1.807, 2.05) is 42.5 Å². The molecule has 3 rings (SSSR count). The summed E-state index contributed by atoms with van der Waals surface area (Å²) in [6, 6.07) is 21.4. The molecule has 0 aliphatic carbocycles. The topological polar surface area (TPSA) is 109 Å². The summed E-state index contributed by atoms with van der Waals surface area (Å²) in [6.07, 6.45) is 0. The summed E-state index contributed by atoms with van der Waals surface area (Å²) in [7, 11) is 3.10. The van der Waals surface area contributed by atoms with Gasteiger partial charge in [0, 0.05) is 23.4 Å². The summed E-state index contributed by atoms with van der Waals surface area (Å²) in [5.74, 6) is 0.788. The van der Waals surface area contributed by atoms with E-state index < -0.39 is 6.04 Å². The summed E-state index contributed by atoms with van der Waals surface area (Å²) < 4.78 is 11.0. The van der Waals surface area contributed by atoms with Gasteiger partial charge in [-0.05, 0) is 35.9 Å². The molecule has 0 fully saturated rings. The van der Waals surface area contributed by atoms with Gasteiger partial charge in [0.1, 0.15) is 11.9 Å². The van der Waals surface area contributed by atoms with Crippen LogP contribution in [0.4, 0.5) is 5.69 Å². The lowest BCUT2D eigenvalue weighted by atomic mass is 10.0. The Labute approximate surface area is 193 Å². The number of carbonyl (C=O) groups excluding carboxylic acids is 1. The zero-order valence-electron chi connectivity index (χ0n) is 17.9. The largest absolute Gasteiger partial charge is 0.493 e. The van der Waals surface area contributed by atoms with Gasteiger partial charge in [0.2, 0.25) is 5.91 Å². The molecular formula is C24H27ClN4O3. The van der Waals surface area contributed by atoms with Crippen molar-refractivity contribution >= 4 is 29.8 Å². The average Bonchev–Trinajstić information content (AvgIpc) is 2.81. The number of ether oxygens (including phenoxy) is 2. The zero-order valence-corrected chi connectivity index (χ0v) is 18.7. The molecule has 168 valence electrons. The monoisotopic (exact) mass is 454 g/mol. The molecule has 7 nitrogen and oxygen atoms in total. The van der Waals surface area contributed by atoms with E-state index >= 15 is 0 Å². The molecule has 0 heterocycles. The fourth-order valence-corrected chi connectivity index (χ4v) is 3.22.